The quantitative estimate of drug-likeness (QED) is 0.752. The molecule has 0 spiro atoms. The Morgan fingerprint density at radius 2 is 1.69 bits per heavy atom. The first-order chi connectivity index (χ1) is 11.8. The normalized spacial score (nSPS) is 24.8. The summed E-state index contributed by atoms with van der Waals surface area (Å²) in [6.45, 7) is 3.76. The van der Waals surface area contributed by atoms with Crippen molar-refractivity contribution in [3.63, 3.8) is 0 Å². The molecule has 1 saturated heterocycles. The largest absolute Gasteiger partial charge is 0.464 e. The van der Waals surface area contributed by atoms with E-state index < -0.39 is 0 Å². The van der Waals surface area contributed by atoms with Crippen LogP contribution in [0.1, 0.15) is 56.4 Å². The van der Waals surface area contributed by atoms with E-state index in [0.717, 1.165) is 11.5 Å². The fourth-order valence-electron chi connectivity index (χ4n) is 4.68. The van der Waals surface area contributed by atoms with Gasteiger partial charge in [0.1, 0.15) is 5.58 Å². The number of furan rings is 1. The van der Waals surface area contributed by atoms with Crippen molar-refractivity contribution in [1.29, 1.82) is 0 Å². The summed E-state index contributed by atoms with van der Waals surface area (Å²) in [5, 5.41) is 1.31. The van der Waals surface area contributed by atoms with E-state index in [1.807, 2.05) is 6.26 Å². The number of nitrogens with zero attached hydrogens (tertiary/aromatic N) is 1. The van der Waals surface area contributed by atoms with E-state index in [-0.39, 0.29) is 24.8 Å². The second-order valence-corrected chi connectivity index (χ2v) is 7.87. The molecule has 2 N–H and O–H groups in total. The third-order valence-corrected chi connectivity index (χ3v) is 6.30. The Morgan fingerprint density at radius 1 is 0.962 bits per heavy atom. The van der Waals surface area contributed by atoms with Crippen molar-refractivity contribution >= 4 is 35.8 Å². The summed E-state index contributed by atoms with van der Waals surface area (Å²) in [6.07, 6.45) is 10.9. The van der Waals surface area contributed by atoms with Crippen molar-refractivity contribution in [2.24, 2.45) is 11.7 Å². The predicted molar refractivity (Wildman–Crippen MR) is 114 cm³/mol. The van der Waals surface area contributed by atoms with Crippen LogP contribution in [-0.4, -0.2) is 30.6 Å². The molecule has 1 saturated carbocycles. The first kappa shape index (κ1) is 21.6. The summed E-state index contributed by atoms with van der Waals surface area (Å²) in [4.78, 5) is 2.68. The lowest BCUT2D eigenvalue weighted by atomic mass is 9.84. The van der Waals surface area contributed by atoms with Crippen molar-refractivity contribution in [1.82, 2.24) is 4.90 Å². The molecule has 0 bridgehead atoms. The molecule has 0 amide bonds. The number of benzene rings is 1. The molecular formula is C21H32Cl2N2O. The van der Waals surface area contributed by atoms with E-state index in [2.05, 4.69) is 29.2 Å². The molecule has 1 aliphatic carbocycles. The number of halogens is 2. The lowest BCUT2D eigenvalue weighted by Crippen LogP contribution is -2.35. The number of likely N-dealkylation sites (tertiary alicyclic amines) is 1. The Kier molecular flexibility index (Phi) is 8.28. The van der Waals surface area contributed by atoms with Crippen LogP contribution in [0.25, 0.3) is 11.0 Å². The van der Waals surface area contributed by atoms with Gasteiger partial charge in [0.25, 0.3) is 0 Å². The standard InChI is InChI=1S/C21H30N2O.2ClH/c22-18-6-4-16(5-7-18)8-12-23-13-9-17(10-14-23)19-2-1-3-21-20(19)11-15-24-21;;/h1-3,11,15-18H,4-10,12-14,22H2;2*1H/t16-,18-;;. The van der Waals surface area contributed by atoms with Gasteiger partial charge in [-0.05, 0) is 94.1 Å². The van der Waals surface area contributed by atoms with Crippen molar-refractivity contribution in [3.05, 3.63) is 36.1 Å². The van der Waals surface area contributed by atoms with Gasteiger partial charge in [-0.3, -0.25) is 0 Å². The van der Waals surface area contributed by atoms with Crippen LogP contribution in [0.2, 0.25) is 0 Å². The molecule has 2 aromatic rings. The highest BCUT2D eigenvalue weighted by atomic mass is 35.5. The second-order valence-electron chi connectivity index (χ2n) is 7.87. The monoisotopic (exact) mass is 398 g/mol. The van der Waals surface area contributed by atoms with Gasteiger partial charge in [0.2, 0.25) is 0 Å². The lowest BCUT2D eigenvalue weighted by molar-refractivity contribution is 0.187. The predicted octanol–water partition coefficient (Wildman–Crippen LogP) is 5.36. The molecule has 2 aliphatic rings. The topological polar surface area (TPSA) is 42.4 Å². The van der Waals surface area contributed by atoms with E-state index in [1.165, 1.54) is 75.5 Å². The highest BCUT2D eigenvalue weighted by Gasteiger charge is 2.24. The van der Waals surface area contributed by atoms with Crippen LogP contribution in [0.3, 0.4) is 0 Å². The summed E-state index contributed by atoms with van der Waals surface area (Å²) < 4.78 is 5.56. The molecule has 146 valence electrons. The summed E-state index contributed by atoms with van der Waals surface area (Å²) in [5.41, 5.74) is 8.54. The lowest BCUT2D eigenvalue weighted by Gasteiger charge is -2.34. The summed E-state index contributed by atoms with van der Waals surface area (Å²) in [6, 6.07) is 9.11. The molecule has 3 nitrogen and oxygen atoms in total. The Morgan fingerprint density at radius 3 is 2.42 bits per heavy atom. The maximum Gasteiger partial charge on any atom is 0.134 e. The van der Waals surface area contributed by atoms with Gasteiger partial charge in [0, 0.05) is 11.4 Å². The molecule has 1 aromatic carbocycles. The van der Waals surface area contributed by atoms with Gasteiger partial charge >= 0.3 is 0 Å². The number of hydrogen-bond donors (Lipinski definition) is 1. The Bertz CT molecular complexity index is 659. The average Bonchev–Trinajstić information content (AvgIpc) is 3.10. The molecule has 2 heterocycles. The van der Waals surface area contributed by atoms with Gasteiger partial charge in [0.15, 0.2) is 0 Å². The van der Waals surface area contributed by atoms with Crippen molar-refractivity contribution < 1.29 is 4.42 Å². The molecule has 26 heavy (non-hydrogen) atoms. The van der Waals surface area contributed by atoms with E-state index in [1.54, 1.807) is 0 Å². The molecular weight excluding hydrogens is 367 g/mol. The van der Waals surface area contributed by atoms with Gasteiger partial charge in [-0.25, -0.2) is 0 Å². The van der Waals surface area contributed by atoms with Gasteiger partial charge in [-0.15, -0.1) is 24.8 Å². The van der Waals surface area contributed by atoms with E-state index in [4.69, 9.17) is 10.2 Å². The molecule has 5 heteroatoms. The Labute approximate surface area is 169 Å². The van der Waals surface area contributed by atoms with E-state index >= 15 is 0 Å². The fraction of sp³-hybridized carbons (Fsp3) is 0.619. The van der Waals surface area contributed by atoms with Crippen molar-refractivity contribution in [2.75, 3.05) is 19.6 Å². The zero-order valence-corrected chi connectivity index (χ0v) is 17.1. The number of hydrogen-bond acceptors (Lipinski definition) is 3. The van der Waals surface area contributed by atoms with E-state index in [9.17, 15) is 0 Å². The molecule has 0 atom stereocenters. The number of rotatable bonds is 4. The highest BCUT2D eigenvalue weighted by molar-refractivity contribution is 5.85. The second kappa shape index (κ2) is 9.98. The van der Waals surface area contributed by atoms with Crippen LogP contribution >= 0.6 is 24.8 Å². The van der Waals surface area contributed by atoms with Crippen LogP contribution < -0.4 is 5.73 Å². The average molecular weight is 399 g/mol. The van der Waals surface area contributed by atoms with Crippen molar-refractivity contribution in [3.8, 4) is 0 Å². The van der Waals surface area contributed by atoms with Gasteiger partial charge < -0.3 is 15.1 Å². The maximum absolute atomic E-state index is 6.02. The minimum Gasteiger partial charge on any atom is -0.464 e. The zero-order valence-electron chi connectivity index (χ0n) is 15.4. The summed E-state index contributed by atoms with van der Waals surface area (Å²) in [7, 11) is 0. The van der Waals surface area contributed by atoms with Crippen molar-refractivity contribution in [2.45, 2.75) is 56.9 Å². The van der Waals surface area contributed by atoms with Gasteiger partial charge in [-0.2, -0.15) is 0 Å². The van der Waals surface area contributed by atoms with Crippen LogP contribution in [0, 0.1) is 5.92 Å². The van der Waals surface area contributed by atoms with Crippen LogP contribution in [0.15, 0.2) is 34.9 Å². The van der Waals surface area contributed by atoms with Gasteiger partial charge in [0.05, 0.1) is 6.26 Å². The SMILES string of the molecule is Cl.Cl.N[C@H]1CC[C@H](CCN2CCC(c3cccc4occc34)CC2)CC1. The molecule has 4 rings (SSSR count). The zero-order chi connectivity index (χ0) is 16.4. The maximum atomic E-state index is 6.02. The summed E-state index contributed by atoms with van der Waals surface area (Å²) >= 11 is 0. The smallest absolute Gasteiger partial charge is 0.134 e. The van der Waals surface area contributed by atoms with Crippen LogP contribution in [-0.2, 0) is 0 Å². The molecule has 2 fully saturated rings. The highest BCUT2D eigenvalue weighted by Crippen LogP contribution is 2.34. The minimum absolute atomic E-state index is 0. The number of fused-ring (bicyclic) bond motifs is 1. The number of nitrogens with two attached hydrogens (primary N) is 1. The Hall–Kier alpha value is -0.740. The van der Waals surface area contributed by atoms with Crippen LogP contribution in [0.4, 0.5) is 0 Å². The van der Waals surface area contributed by atoms with Crippen LogP contribution in [0.5, 0.6) is 0 Å². The third kappa shape index (κ3) is 4.95. The molecule has 0 radical (unpaired) electrons. The first-order valence-electron chi connectivity index (χ1n) is 9.73. The molecule has 0 unspecified atom stereocenters. The Balaban J connectivity index is 0.00000121. The molecule has 1 aromatic heterocycles. The third-order valence-electron chi connectivity index (χ3n) is 6.30. The minimum atomic E-state index is 0. The first-order valence-corrected chi connectivity index (χ1v) is 9.73. The van der Waals surface area contributed by atoms with Gasteiger partial charge in [-0.1, -0.05) is 12.1 Å². The summed E-state index contributed by atoms with van der Waals surface area (Å²) in [5.74, 6) is 1.61. The number of piperidine rings is 1. The van der Waals surface area contributed by atoms with E-state index in [0.29, 0.717) is 12.0 Å². The molecule has 1 aliphatic heterocycles. The fourth-order valence-corrected chi connectivity index (χ4v) is 4.68.